The fraction of sp³-hybridized carbons (Fsp3) is 0.462. The number of aryl methyl sites for hydroxylation is 1. The molecule has 0 aliphatic carbocycles. The van der Waals surface area contributed by atoms with Crippen LogP contribution < -0.4 is 5.73 Å². The average Bonchev–Trinajstić information content (AvgIpc) is 2.32. The van der Waals surface area contributed by atoms with Crippen LogP contribution in [0.4, 0.5) is 0 Å². The molecule has 92 valence electrons. The molecule has 1 amide bonds. The van der Waals surface area contributed by atoms with E-state index in [0.29, 0.717) is 0 Å². The lowest BCUT2D eigenvalue weighted by Crippen LogP contribution is -2.43. The Balaban J connectivity index is 2.16. The van der Waals surface area contributed by atoms with Crippen LogP contribution in [0.25, 0.3) is 0 Å². The highest BCUT2D eigenvalue weighted by atomic mass is 127. The number of hydrogen-bond acceptors (Lipinski definition) is 2. The van der Waals surface area contributed by atoms with Crippen molar-refractivity contribution in [2.75, 3.05) is 13.1 Å². The number of amides is 1. The van der Waals surface area contributed by atoms with E-state index >= 15 is 0 Å². The summed E-state index contributed by atoms with van der Waals surface area (Å²) in [6.45, 7) is 3.58. The van der Waals surface area contributed by atoms with Crippen LogP contribution in [-0.4, -0.2) is 29.9 Å². The molecular formula is C13H17IN2O. The van der Waals surface area contributed by atoms with E-state index < -0.39 is 0 Å². The van der Waals surface area contributed by atoms with Gasteiger partial charge in [0.2, 0.25) is 0 Å². The molecule has 1 aliphatic rings. The Morgan fingerprint density at radius 3 is 2.71 bits per heavy atom. The standard InChI is InChI=1S/C13H17IN2O/c1-9-2-3-12(14)11(8-9)13(17)16-6-4-10(15)5-7-16/h2-3,8,10H,4-7,15H2,1H3. The molecule has 0 radical (unpaired) electrons. The van der Waals surface area contributed by atoms with E-state index in [-0.39, 0.29) is 11.9 Å². The van der Waals surface area contributed by atoms with Gasteiger partial charge >= 0.3 is 0 Å². The average molecular weight is 344 g/mol. The van der Waals surface area contributed by atoms with Crippen molar-refractivity contribution in [1.29, 1.82) is 0 Å². The lowest BCUT2D eigenvalue weighted by atomic mass is 10.0. The van der Waals surface area contributed by atoms with Crippen LogP contribution in [0.3, 0.4) is 0 Å². The van der Waals surface area contributed by atoms with Crippen LogP contribution in [0.15, 0.2) is 18.2 Å². The van der Waals surface area contributed by atoms with E-state index in [1.165, 1.54) is 0 Å². The third-order valence-corrected chi connectivity index (χ3v) is 4.12. The molecule has 17 heavy (non-hydrogen) atoms. The highest BCUT2D eigenvalue weighted by molar-refractivity contribution is 14.1. The number of carbonyl (C=O) groups excluding carboxylic acids is 1. The Labute approximate surface area is 116 Å². The lowest BCUT2D eigenvalue weighted by molar-refractivity contribution is 0.0713. The van der Waals surface area contributed by atoms with Gasteiger partial charge in [-0.2, -0.15) is 0 Å². The molecule has 1 aromatic rings. The van der Waals surface area contributed by atoms with Crippen LogP contribution in [0.1, 0.15) is 28.8 Å². The van der Waals surface area contributed by atoms with Crippen molar-refractivity contribution in [3.05, 3.63) is 32.9 Å². The van der Waals surface area contributed by atoms with Crippen molar-refractivity contribution in [3.63, 3.8) is 0 Å². The highest BCUT2D eigenvalue weighted by Gasteiger charge is 2.22. The van der Waals surface area contributed by atoms with Gasteiger partial charge in [0.15, 0.2) is 0 Å². The summed E-state index contributed by atoms with van der Waals surface area (Å²) in [5.74, 6) is 0.144. The van der Waals surface area contributed by atoms with Crippen molar-refractivity contribution in [2.45, 2.75) is 25.8 Å². The Morgan fingerprint density at radius 2 is 2.06 bits per heavy atom. The summed E-state index contributed by atoms with van der Waals surface area (Å²) >= 11 is 2.22. The van der Waals surface area contributed by atoms with Gasteiger partial charge < -0.3 is 10.6 Å². The number of rotatable bonds is 1. The Hall–Kier alpha value is -0.620. The van der Waals surface area contributed by atoms with Crippen LogP contribution in [0, 0.1) is 10.5 Å². The molecule has 0 atom stereocenters. The number of carbonyl (C=O) groups is 1. The summed E-state index contributed by atoms with van der Waals surface area (Å²) in [4.78, 5) is 14.3. The zero-order chi connectivity index (χ0) is 12.4. The van der Waals surface area contributed by atoms with Gasteiger partial charge in [0.25, 0.3) is 5.91 Å². The van der Waals surface area contributed by atoms with Crippen molar-refractivity contribution >= 4 is 28.5 Å². The summed E-state index contributed by atoms with van der Waals surface area (Å²) < 4.78 is 1.02. The Morgan fingerprint density at radius 1 is 1.41 bits per heavy atom. The molecular weight excluding hydrogens is 327 g/mol. The van der Waals surface area contributed by atoms with Gasteiger partial charge in [-0.15, -0.1) is 0 Å². The topological polar surface area (TPSA) is 46.3 Å². The van der Waals surface area contributed by atoms with Crippen LogP contribution >= 0.6 is 22.6 Å². The van der Waals surface area contributed by atoms with Gasteiger partial charge in [0, 0.05) is 22.7 Å². The number of hydrogen-bond donors (Lipinski definition) is 1. The number of benzene rings is 1. The minimum atomic E-state index is 0.144. The summed E-state index contributed by atoms with van der Waals surface area (Å²) in [6.07, 6.45) is 1.82. The summed E-state index contributed by atoms with van der Waals surface area (Å²) in [5, 5.41) is 0. The number of nitrogens with zero attached hydrogens (tertiary/aromatic N) is 1. The van der Waals surface area contributed by atoms with E-state index in [2.05, 4.69) is 22.6 Å². The quantitative estimate of drug-likeness (QED) is 0.794. The number of nitrogens with two attached hydrogens (primary N) is 1. The van der Waals surface area contributed by atoms with Crippen molar-refractivity contribution in [3.8, 4) is 0 Å². The number of likely N-dealkylation sites (tertiary alicyclic amines) is 1. The second kappa shape index (κ2) is 5.35. The predicted octanol–water partition coefficient (Wildman–Crippen LogP) is 2.16. The molecule has 0 aromatic heterocycles. The van der Waals surface area contributed by atoms with E-state index in [1.54, 1.807) is 0 Å². The van der Waals surface area contributed by atoms with Gasteiger partial charge in [-0.05, 0) is 54.5 Å². The number of halogens is 1. The maximum atomic E-state index is 12.4. The van der Waals surface area contributed by atoms with E-state index in [4.69, 9.17) is 5.73 Å². The molecule has 2 rings (SSSR count). The normalized spacial score (nSPS) is 17.2. The third kappa shape index (κ3) is 2.98. The molecule has 4 heteroatoms. The highest BCUT2D eigenvalue weighted by Crippen LogP contribution is 2.18. The smallest absolute Gasteiger partial charge is 0.254 e. The Bertz CT molecular complexity index is 425. The third-order valence-electron chi connectivity index (χ3n) is 3.18. The molecule has 2 N–H and O–H groups in total. The summed E-state index contributed by atoms with van der Waals surface area (Å²) in [6, 6.07) is 6.26. The zero-order valence-electron chi connectivity index (χ0n) is 9.95. The second-order valence-corrected chi connectivity index (χ2v) is 5.78. The van der Waals surface area contributed by atoms with Gasteiger partial charge in [0.1, 0.15) is 0 Å². The molecule has 1 aromatic carbocycles. The second-order valence-electron chi connectivity index (χ2n) is 4.61. The minimum Gasteiger partial charge on any atom is -0.338 e. The molecule has 1 saturated heterocycles. The molecule has 0 saturated carbocycles. The monoisotopic (exact) mass is 344 g/mol. The lowest BCUT2D eigenvalue weighted by Gasteiger charge is -2.30. The van der Waals surface area contributed by atoms with Gasteiger partial charge in [-0.25, -0.2) is 0 Å². The molecule has 0 unspecified atom stereocenters. The first-order valence-corrected chi connectivity index (χ1v) is 6.97. The molecule has 0 bridgehead atoms. The summed E-state index contributed by atoms with van der Waals surface area (Å²) in [5.41, 5.74) is 7.80. The predicted molar refractivity (Wildman–Crippen MR) is 77.0 cm³/mol. The summed E-state index contributed by atoms with van der Waals surface area (Å²) in [7, 11) is 0. The van der Waals surface area contributed by atoms with Crippen LogP contribution in [0.5, 0.6) is 0 Å². The van der Waals surface area contributed by atoms with Crippen molar-refractivity contribution in [1.82, 2.24) is 4.90 Å². The van der Waals surface area contributed by atoms with E-state index in [1.807, 2.05) is 30.0 Å². The minimum absolute atomic E-state index is 0.144. The fourth-order valence-electron chi connectivity index (χ4n) is 2.08. The van der Waals surface area contributed by atoms with Gasteiger partial charge in [-0.3, -0.25) is 4.79 Å². The molecule has 1 fully saturated rings. The maximum absolute atomic E-state index is 12.4. The fourth-order valence-corrected chi connectivity index (χ4v) is 2.64. The SMILES string of the molecule is Cc1ccc(I)c(C(=O)N2CCC(N)CC2)c1. The molecule has 0 spiro atoms. The zero-order valence-corrected chi connectivity index (χ0v) is 12.1. The van der Waals surface area contributed by atoms with Crippen molar-refractivity contribution < 1.29 is 4.79 Å². The van der Waals surface area contributed by atoms with Crippen molar-refractivity contribution in [2.24, 2.45) is 5.73 Å². The van der Waals surface area contributed by atoms with E-state index in [9.17, 15) is 4.79 Å². The van der Waals surface area contributed by atoms with Gasteiger partial charge in [-0.1, -0.05) is 11.6 Å². The number of piperidine rings is 1. The molecule has 1 heterocycles. The Kier molecular flexibility index (Phi) is 4.04. The van der Waals surface area contributed by atoms with Gasteiger partial charge in [0.05, 0.1) is 5.56 Å². The first kappa shape index (κ1) is 12.8. The largest absolute Gasteiger partial charge is 0.338 e. The van der Waals surface area contributed by atoms with Crippen LogP contribution in [0.2, 0.25) is 0 Å². The first-order valence-electron chi connectivity index (χ1n) is 5.89. The molecule has 1 aliphatic heterocycles. The first-order chi connectivity index (χ1) is 8.08. The maximum Gasteiger partial charge on any atom is 0.254 e. The van der Waals surface area contributed by atoms with Crippen LogP contribution in [-0.2, 0) is 0 Å². The van der Waals surface area contributed by atoms with E-state index in [0.717, 1.165) is 40.6 Å². The molecule has 3 nitrogen and oxygen atoms in total.